The number of aliphatic hydroxyl groups excluding tert-OH is 1. The van der Waals surface area contributed by atoms with E-state index in [-0.39, 0.29) is 17.8 Å². The Morgan fingerprint density at radius 2 is 2.25 bits per heavy atom. The van der Waals surface area contributed by atoms with Gasteiger partial charge in [-0.3, -0.25) is 0 Å². The highest BCUT2D eigenvalue weighted by Crippen LogP contribution is 2.37. The molecule has 2 atom stereocenters. The number of rotatable bonds is 3. The summed E-state index contributed by atoms with van der Waals surface area (Å²) in [7, 11) is 0. The first-order valence-electron chi connectivity index (χ1n) is 7.14. The van der Waals surface area contributed by atoms with Crippen molar-refractivity contribution in [2.24, 2.45) is 0 Å². The Balaban J connectivity index is 1.79. The summed E-state index contributed by atoms with van der Waals surface area (Å²) in [5.74, 6) is 0.0213. The predicted octanol–water partition coefficient (Wildman–Crippen LogP) is 4.22. The zero-order valence-corrected chi connectivity index (χ0v) is 12.4. The molecule has 0 saturated carbocycles. The lowest BCUT2D eigenvalue weighted by Gasteiger charge is -2.27. The summed E-state index contributed by atoms with van der Waals surface area (Å²) in [6, 6.07) is 6.97. The molecule has 2 unspecified atom stereocenters. The average Bonchev–Trinajstić information content (AvgIpc) is 2.90. The lowest BCUT2D eigenvalue weighted by atomic mass is 9.81. The van der Waals surface area contributed by atoms with E-state index in [1.807, 2.05) is 6.92 Å². The van der Waals surface area contributed by atoms with Crippen LogP contribution in [0.5, 0.6) is 0 Å². The smallest absolute Gasteiger partial charge is 0.123 e. The molecule has 1 aliphatic carbocycles. The molecule has 1 nitrogen and oxygen atoms in total. The van der Waals surface area contributed by atoms with Gasteiger partial charge in [0.15, 0.2) is 0 Å². The van der Waals surface area contributed by atoms with E-state index in [0.29, 0.717) is 6.42 Å². The van der Waals surface area contributed by atoms with Crippen molar-refractivity contribution in [1.29, 1.82) is 0 Å². The normalized spacial score (nSPS) is 19.6. The van der Waals surface area contributed by atoms with Crippen molar-refractivity contribution in [2.75, 3.05) is 0 Å². The Morgan fingerprint density at radius 3 is 3.05 bits per heavy atom. The molecule has 106 valence electrons. The second kappa shape index (κ2) is 5.66. The summed E-state index contributed by atoms with van der Waals surface area (Å²) >= 11 is 1.80. The van der Waals surface area contributed by atoms with Crippen LogP contribution in [0.15, 0.2) is 29.6 Å². The molecule has 1 N–H and O–H groups in total. The van der Waals surface area contributed by atoms with Crippen LogP contribution >= 0.6 is 11.3 Å². The third-order valence-electron chi connectivity index (χ3n) is 4.30. The number of halogens is 1. The summed E-state index contributed by atoms with van der Waals surface area (Å²) in [5.41, 5.74) is 3.29. The van der Waals surface area contributed by atoms with Gasteiger partial charge < -0.3 is 5.11 Å². The molecular weight excluding hydrogens is 271 g/mol. The molecule has 0 amide bonds. The summed E-state index contributed by atoms with van der Waals surface area (Å²) in [4.78, 5) is 1.43. The van der Waals surface area contributed by atoms with Gasteiger partial charge >= 0.3 is 0 Å². The predicted molar refractivity (Wildman–Crippen MR) is 80.8 cm³/mol. The maximum absolute atomic E-state index is 13.1. The van der Waals surface area contributed by atoms with Crippen LogP contribution in [0.2, 0.25) is 0 Å². The second-order valence-electron chi connectivity index (χ2n) is 5.64. The monoisotopic (exact) mass is 290 g/mol. The number of hydrogen-bond acceptors (Lipinski definition) is 2. The van der Waals surface area contributed by atoms with Crippen molar-refractivity contribution in [3.63, 3.8) is 0 Å². The van der Waals surface area contributed by atoms with Crippen LogP contribution in [-0.2, 0) is 12.8 Å². The number of benzene rings is 1. The highest BCUT2D eigenvalue weighted by Gasteiger charge is 2.27. The summed E-state index contributed by atoms with van der Waals surface area (Å²) in [6.45, 7) is 1.90. The van der Waals surface area contributed by atoms with Gasteiger partial charge in [-0.1, -0.05) is 6.07 Å². The van der Waals surface area contributed by atoms with Gasteiger partial charge in [-0.25, -0.2) is 4.39 Å². The number of fused-ring (bicyclic) bond motifs is 1. The number of aryl methyl sites for hydroxylation is 2. The SMILES string of the molecule is Cc1cc(F)ccc1CC(O)C1CCCc2sccc21. The molecule has 0 aliphatic heterocycles. The van der Waals surface area contributed by atoms with Crippen LogP contribution < -0.4 is 0 Å². The van der Waals surface area contributed by atoms with Crippen LogP contribution in [-0.4, -0.2) is 11.2 Å². The molecule has 1 aromatic carbocycles. The second-order valence-corrected chi connectivity index (χ2v) is 6.64. The van der Waals surface area contributed by atoms with E-state index < -0.39 is 0 Å². The maximum Gasteiger partial charge on any atom is 0.123 e. The lowest BCUT2D eigenvalue weighted by molar-refractivity contribution is 0.135. The first-order chi connectivity index (χ1) is 9.65. The Kier molecular flexibility index (Phi) is 3.90. The van der Waals surface area contributed by atoms with Crippen LogP contribution in [0.25, 0.3) is 0 Å². The molecule has 0 radical (unpaired) electrons. The molecule has 2 aromatic rings. The minimum absolute atomic E-state index is 0.210. The molecule has 0 bridgehead atoms. The number of aliphatic hydroxyl groups is 1. The molecule has 0 fully saturated rings. The van der Waals surface area contributed by atoms with Crippen molar-refractivity contribution < 1.29 is 9.50 Å². The van der Waals surface area contributed by atoms with Crippen LogP contribution in [0.1, 0.15) is 40.3 Å². The van der Waals surface area contributed by atoms with E-state index in [1.54, 1.807) is 23.5 Å². The number of hydrogen-bond donors (Lipinski definition) is 1. The average molecular weight is 290 g/mol. The molecule has 20 heavy (non-hydrogen) atoms. The topological polar surface area (TPSA) is 20.2 Å². The Labute approximate surface area is 123 Å². The first kappa shape index (κ1) is 13.8. The molecular formula is C17H19FOS. The van der Waals surface area contributed by atoms with Gasteiger partial charge in [-0.15, -0.1) is 11.3 Å². The number of thiophene rings is 1. The molecule has 0 saturated heterocycles. The van der Waals surface area contributed by atoms with Gasteiger partial charge in [0.1, 0.15) is 5.82 Å². The van der Waals surface area contributed by atoms with Gasteiger partial charge in [-0.2, -0.15) is 0 Å². The van der Waals surface area contributed by atoms with E-state index >= 15 is 0 Å². The van der Waals surface area contributed by atoms with E-state index in [2.05, 4.69) is 11.4 Å². The molecule has 3 heteroatoms. The van der Waals surface area contributed by atoms with Crippen molar-refractivity contribution in [3.05, 3.63) is 57.0 Å². The van der Waals surface area contributed by atoms with Crippen LogP contribution in [0, 0.1) is 12.7 Å². The minimum Gasteiger partial charge on any atom is -0.392 e. The van der Waals surface area contributed by atoms with Gasteiger partial charge in [0.25, 0.3) is 0 Å². The molecule has 1 aliphatic rings. The summed E-state index contributed by atoms with van der Waals surface area (Å²) < 4.78 is 13.1. The van der Waals surface area contributed by atoms with E-state index in [0.717, 1.165) is 30.4 Å². The third-order valence-corrected chi connectivity index (χ3v) is 5.29. The fourth-order valence-electron chi connectivity index (χ4n) is 3.18. The fraction of sp³-hybridized carbons (Fsp3) is 0.412. The van der Waals surface area contributed by atoms with E-state index in [4.69, 9.17) is 0 Å². The van der Waals surface area contributed by atoms with Crippen molar-refractivity contribution in [3.8, 4) is 0 Å². The third kappa shape index (κ3) is 2.65. The van der Waals surface area contributed by atoms with Crippen LogP contribution in [0.3, 0.4) is 0 Å². The zero-order valence-electron chi connectivity index (χ0n) is 11.6. The van der Waals surface area contributed by atoms with Gasteiger partial charge in [0.05, 0.1) is 6.10 Å². The molecule has 1 aromatic heterocycles. The van der Waals surface area contributed by atoms with Gasteiger partial charge in [0, 0.05) is 10.8 Å². The molecule has 0 spiro atoms. The van der Waals surface area contributed by atoms with Crippen molar-refractivity contribution in [2.45, 2.75) is 44.6 Å². The van der Waals surface area contributed by atoms with Crippen LogP contribution in [0.4, 0.5) is 4.39 Å². The van der Waals surface area contributed by atoms with Gasteiger partial charge in [-0.05, 0) is 72.9 Å². The van der Waals surface area contributed by atoms with E-state index in [1.165, 1.54) is 16.5 Å². The largest absolute Gasteiger partial charge is 0.392 e. The lowest BCUT2D eigenvalue weighted by Crippen LogP contribution is -2.24. The molecule has 1 heterocycles. The standard InChI is InChI=1S/C17H19FOS/c1-11-9-13(18)6-5-12(11)10-16(19)14-3-2-4-17-15(14)7-8-20-17/h5-9,14,16,19H,2-4,10H2,1H3. The summed E-state index contributed by atoms with van der Waals surface area (Å²) in [5, 5.41) is 12.7. The first-order valence-corrected chi connectivity index (χ1v) is 8.02. The quantitative estimate of drug-likeness (QED) is 0.897. The van der Waals surface area contributed by atoms with Gasteiger partial charge in [0.2, 0.25) is 0 Å². The molecule has 3 rings (SSSR count). The Hall–Kier alpha value is -1.19. The minimum atomic E-state index is -0.382. The fourth-order valence-corrected chi connectivity index (χ4v) is 4.17. The summed E-state index contributed by atoms with van der Waals surface area (Å²) in [6.07, 6.45) is 3.56. The Bertz CT molecular complexity index is 605. The van der Waals surface area contributed by atoms with Crippen molar-refractivity contribution in [1.82, 2.24) is 0 Å². The highest BCUT2D eigenvalue weighted by atomic mass is 32.1. The highest BCUT2D eigenvalue weighted by molar-refractivity contribution is 7.10. The maximum atomic E-state index is 13.1. The van der Waals surface area contributed by atoms with E-state index in [9.17, 15) is 9.50 Å². The Morgan fingerprint density at radius 1 is 1.40 bits per heavy atom. The van der Waals surface area contributed by atoms with Crippen molar-refractivity contribution >= 4 is 11.3 Å². The zero-order chi connectivity index (χ0) is 14.1.